The number of hydrogen-bond acceptors (Lipinski definition) is 3. The van der Waals surface area contributed by atoms with Crippen LogP contribution in [0.1, 0.15) is 12.8 Å². The van der Waals surface area contributed by atoms with Gasteiger partial charge in [0.1, 0.15) is 0 Å². The topological polar surface area (TPSA) is 30.5 Å². The second-order valence-corrected chi connectivity index (χ2v) is 3.40. The summed E-state index contributed by atoms with van der Waals surface area (Å²) in [6.07, 6.45) is 2.42. The van der Waals surface area contributed by atoms with Crippen LogP contribution in [0.4, 0.5) is 0 Å². The number of likely N-dealkylation sites (N-methyl/N-ethyl adjacent to an activating group) is 1. The van der Waals surface area contributed by atoms with Crippen LogP contribution in [0.25, 0.3) is 0 Å². The van der Waals surface area contributed by atoms with Crippen molar-refractivity contribution >= 4 is 0 Å². The van der Waals surface area contributed by atoms with Crippen molar-refractivity contribution in [3.8, 4) is 0 Å². The molecule has 0 saturated carbocycles. The zero-order chi connectivity index (χ0) is 9.52. The van der Waals surface area contributed by atoms with Crippen LogP contribution in [0.2, 0.25) is 0 Å². The third-order valence-electron chi connectivity index (χ3n) is 2.12. The summed E-state index contributed by atoms with van der Waals surface area (Å²) in [7, 11) is 1.92. The van der Waals surface area contributed by atoms with Crippen LogP contribution in [-0.2, 0) is 9.47 Å². The fraction of sp³-hybridized carbons (Fsp3) is 0.800. The van der Waals surface area contributed by atoms with Gasteiger partial charge in [-0.25, -0.2) is 0 Å². The largest absolute Gasteiger partial charge is 0.381 e. The predicted octanol–water partition coefficient (Wildman–Crippen LogP) is 0.958. The van der Waals surface area contributed by atoms with Gasteiger partial charge in [-0.15, -0.1) is 0 Å². The van der Waals surface area contributed by atoms with Crippen molar-refractivity contribution in [1.29, 1.82) is 0 Å². The minimum Gasteiger partial charge on any atom is -0.381 e. The molecule has 0 radical (unpaired) electrons. The Hall–Kier alpha value is -0.380. The van der Waals surface area contributed by atoms with Gasteiger partial charge in [0.25, 0.3) is 0 Å². The summed E-state index contributed by atoms with van der Waals surface area (Å²) in [6, 6.07) is 0. The first-order chi connectivity index (χ1) is 6.33. The maximum atomic E-state index is 5.68. The van der Waals surface area contributed by atoms with Crippen LogP contribution < -0.4 is 5.32 Å². The quantitative estimate of drug-likeness (QED) is 0.647. The first-order valence-electron chi connectivity index (χ1n) is 4.83. The lowest BCUT2D eigenvalue weighted by Crippen LogP contribution is -2.25. The summed E-state index contributed by atoms with van der Waals surface area (Å²) in [5.41, 5.74) is 1.11. The fourth-order valence-electron chi connectivity index (χ4n) is 1.38. The second-order valence-electron chi connectivity index (χ2n) is 3.40. The molecule has 0 spiro atoms. The minimum atomic E-state index is 0.377. The molecule has 0 aromatic carbocycles. The van der Waals surface area contributed by atoms with Crippen molar-refractivity contribution in [3.63, 3.8) is 0 Å². The van der Waals surface area contributed by atoms with Gasteiger partial charge in [-0.2, -0.15) is 0 Å². The third-order valence-corrected chi connectivity index (χ3v) is 2.12. The van der Waals surface area contributed by atoms with Crippen LogP contribution in [0.5, 0.6) is 0 Å². The smallest absolute Gasteiger partial charge is 0.0690 e. The van der Waals surface area contributed by atoms with Crippen molar-refractivity contribution in [2.75, 3.05) is 33.4 Å². The van der Waals surface area contributed by atoms with Crippen LogP contribution in [0.3, 0.4) is 0 Å². The first kappa shape index (κ1) is 10.7. The van der Waals surface area contributed by atoms with Crippen molar-refractivity contribution in [1.82, 2.24) is 5.32 Å². The summed E-state index contributed by atoms with van der Waals surface area (Å²) in [4.78, 5) is 0. The highest BCUT2D eigenvalue weighted by Gasteiger charge is 2.13. The average Bonchev–Trinajstić information content (AvgIpc) is 2.17. The Morgan fingerprint density at radius 2 is 2.23 bits per heavy atom. The first-order valence-corrected chi connectivity index (χ1v) is 4.83. The molecule has 13 heavy (non-hydrogen) atoms. The van der Waals surface area contributed by atoms with Crippen LogP contribution in [-0.4, -0.2) is 39.5 Å². The molecule has 0 atom stereocenters. The van der Waals surface area contributed by atoms with Crippen LogP contribution >= 0.6 is 0 Å². The summed E-state index contributed by atoms with van der Waals surface area (Å²) in [5, 5.41) is 3.05. The van der Waals surface area contributed by atoms with Crippen LogP contribution in [0, 0.1) is 0 Å². The van der Waals surface area contributed by atoms with Crippen molar-refractivity contribution in [2.45, 2.75) is 18.9 Å². The molecule has 0 aliphatic carbocycles. The van der Waals surface area contributed by atoms with E-state index in [1.807, 2.05) is 7.05 Å². The number of hydrogen-bond donors (Lipinski definition) is 1. The molecular weight excluding hydrogens is 166 g/mol. The lowest BCUT2D eigenvalue weighted by Gasteiger charge is -2.22. The van der Waals surface area contributed by atoms with E-state index in [-0.39, 0.29) is 0 Å². The van der Waals surface area contributed by atoms with E-state index in [1.165, 1.54) is 0 Å². The molecule has 1 fully saturated rings. The Kier molecular flexibility index (Phi) is 5.05. The monoisotopic (exact) mass is 185 g/mol. The Balaban J connectivity index is 2.06. The highest BCUT2D eigenvalue weighted by atomic mass is 16.5. The Labute approximate surface area is 80.1 Å². The van der Waals surface area contributed by atoms with Gasteiger partial charge in [0.05, 0.1) is 12.7 Å². The molecule has 0 aromatic rings. The van der Waals surface area contributed by atoms with Crippen molar-refractivity contribution in [3.05, 3.63) is 12.2 Å². The summed E-state index contributed by atoms with van der Waals surface area (Å²) in [6.45, 7) is 7.09. The Bertz CT molecular complexity index is 153. The van der Waals surface area contributed by atoms with Gasteiger partial charge in [0.15, 0.2) is 0 Å². The molecule has 0 unspecified atom stereocenters. The maximum Gasteiger partial charge on any atom is 0.0690 e. The molecule has 0 aromatic heterocycles. The Morgan fingerprint density at radius 3 is 2.85 bits per heavy atom. The number of nitrogens with one attached hydrogen (secondary N) is 1. The zero-order valence-corrected chi connectivity index (χ0v) is 8.34. The number of ether oxygens (including phenoxy) is 2. The predicted molar refractivity (Wildman–Crippen MR) is 52.9 cm³/mol. The fourth-order valence-corrected chi connectivity index (χ4v) is 1.38. The molecular formula is C10H19NO2. The zero-order valence-electron chi connectivity index (χ0n) is 8.34. The van der Waals surface area contributed by atoms with Gasteiger partial charge < -0.3 is 14.8 Å². The normalized spacial score (nSPS) is 18.8. The van der Waals surface area contributed by atoms with E-state index < -0.39 is 0 Å². The van der Waals surface area contributed by atoms with E-state index in [0.717, 1.165) is 38.2 Å². The Morgan fingerprint density at radius 1 is 1.54 bits per heavy atom. The van der Waals surface area contributed by atoms with Gasteiger partial charge >= 0.3 is 0 Å². The number of rotatable bonds is 5. The van der Waals surface area contributed by atoms with Crippen LogP contribution in [0.15, 0.2) is 12.2 Å². The van der Waals surface area contributed by atoms with Gasteiger partial charge in [-0.1, -0.05) is 6.58 Å². The van der Waals surface area contributed by atoms with Gasteiger partial charge in [-0.3, -0.25) is 0 Å². The van der Waals surface area contributed by atoms with E-state index in [0.29, 0.717) is 12.7 Å². The molecule has 76 valence electrons. The van der Waals surface area contributed by atoms with Crippen molar-refractivity contribution < 1.29 is 9.47 Å². The average molecular weight is 185 g/mol. The SMILES string of the molecule is C=C(CNC)COC1CCOCC1. The highest BCUT2D eigenvalue weighted by Crippen LogP contribution is 2.11. The minimum absolute atomic E-state index is 0.377. The standard InChI is InChI=1S/C10H19NO2/c1-9(7-11-2)8-13-10-3-5-12-6-4-10/h10-11H,1,3-8H2,2H3. The van der Waals surface area contributed by atoms with Gasteiger partial charge in [0, 0.05) is 19.8 Å². The lowest BCUT2D eigenvalue weighted by molar-refractivity contribution is -0.0243. The van der Waals surface area contributed by atoms with E-state index in [1.54, 1.807) is 0 Å². The molecule has 1 rings (SSSR count). The molecule has 1 saturated heterocycles. The van der Waals surface area contributed by atoms with Gasteiger partial charge in [0.2, 0.25) is 0 Å². The third kappa shape index (κ3) is 4.41. The van der Waals surface area contributed by atoms with Gasteiger partial charge in [-0.05, 0) is 25.5 Å². The van der Waals surface area contributed by atoms with Crippen molar-refractivity contribution in [2.24, 2.45) is 0 Å². The molecule has 0 bridgehead atoms. The molecule has 1 N–H and O–H groups in total. The summed E-state index contributed by atoms with van der Waals surface area (Å²) >= 11 is 0. The molecule has 1 aliphatic heterocycles. The van der Waals surface area contributed by atoms with E-state index in [9.17, 15) is 0 Å². The maximum absolute atomic E-state index is 5.68. The van der Waals surface area contributed by atoms with E-state index >= 15 is 0 Å². The summed E-state index contributed by atoms with van der Waals surface area (Å²) in [5.74, 6) is 0. The molecule has 1 heterocycles. The molecule has 3 heteroatoms. The second kappa shape index (κ2) is 6.13. The lowest BCUT2D eigenvalue weighted by atomic mass is 10.1. The highest BCUT2D eigenvalue weighted by molar-refractivity contribution is 4.96. The molecule has 1 aliphatic rings. The van der Waals surface area contributed by atoms with E-state index in [2.05, 4.69) is 11.9 Å². The molecule has 0 amide bonds. The molecule has 3 nitrogen and oxygen atoms in total. The summed E-state index contributed by atoms with van der Waals surface area (Å²) < 4.78 is 10.9. The van der Waals surface area contributed by atoms with E-state index in [4.69, 9.17) is 9.47 Å².